The fourth-order valence-corrected chi connectivity index (χ4v) is 6.44. The zero-order valence-corrected chi connectivity index (χ0v) is 31.2. The van der Waals surface area contributed by atoms with Crippen LogP contribution in [0.2, 0.25) is 5.02 Å². The second-order valence-corrected chi connectivity index (χ2v) is 14.0. The van der Waals surface area contributed by atoms with Crippen LogP contribution >= 0.6 is 11.6 Å². The van der Waals surface area contributed by atoms with Gasteiger partial charge in [0.2, 0.25) is 0 Å². The van der Waals surface area contributed by atoms with E-state index < -0.39 is 18.1 Å². The lowest BCUT2D eigenvalue weighted by molar-refractivity contribution is -0.145. The molecule has 1 fully saturated rings. The first-order valence-electron chi connectivity index (χ1n) is 17.7. The van der Waals surface area contributed by atoms with Crippen LogP contribution in [-0.2, 0) is 24.6 Å². The number of aromatic nitrogens is 1. The number of ether oxygens (including phenoxy) is 3. The lowest BCUT2D eigenvalue weighted by Crippen LogP contribution is -2.52. The van der Waals surface area contributed by atoms with Crippen molar-refractivity contribution < 1.29 is 34.3 Å². The Morgan fingerprint density at radius 2 is 1.70 bits per heavy atom. The van der Waals surface area contributed by atoms with Gasteiger partial charge in [-0.2, -0.15) is 5.26 Å². The number of nitriles is 1. The highest BCUT2D eigenvalue weighted by Gasteiger charge is 2.32. The lowest BCUT2D eigenvalue weighted by atomic mass is 9.93. The molecule has 0 saturated carbocycles. The molecule has 1 atom stereocenters. The van der Waals surface area contributed by atoms with Crippen molar-refractivity contribution in [2.24, 2.45) is 0 Å². The number of hydrogen-bond donors (Lipinski definition) is 4. The van der Waals surface area contributed by atoms with Gasteiger partial charge in [0.15, 0.2) is 0 Å². The lowest BCUT2D eigenvalue weighted by Gasteiger charge is -2.29. The summed E-state index contributed by atoms with van der Waals surface area (Å²) in [5.41, 5.74) is 5.23. The maximum atomic E-state index is 11.8. The Morgan fingerprint density at radius 3 is 2.42 bits per heavy atom. The van der Waals surface area contributed by atoms with Crippen LogP contribution in [-0.4, -0.2) is 75.7 Å². The minimum Gasteiger partial charge on any atom is -0.493 e. The van der Waals surface area contributed by atoms with Gasteiger partial charge in [0.1, 0.15) is 42.1 Å². The number of carboxylic acid groups (broad SMARTS) is 1. The molecule has 5 rings (SSSR count). The molecule has 1 aliphatic rings. The maximum absolute atomic E-state index is 11.8. The molecule has 4 aromatic rings. The quantitative estimate of drug-likeness (QED) is 0.0914. The molecule has 0 bridgehead atoms. The van der Waals surface area contributed by atoms with Crippen molar-refractivity contribution >= 4 is 17.6 Å². The number of aliphatic hydroxyl groups is 2. The molecule has 0 spiro atoms. The summed E-state index contributed by atoms with van der Waals surface area (Å²) in [5.74, 6) is 0.405. The monoisotopic (exact) mass is 742 g/mol. The molecular formula is C41H47ClN4O7. The van der Waals surface area contributed by atoms with Gasteiger partial charge in [-0.15, -0.1) is 0 Å². The van der Waals surface area contributed by atoms with E-state index in [2.05, 4.69) is 47.3 Å². The molecule has 0 aliphatic carbocycles. The number of carbonyl (C=O) groups is 1. The number of likely N-dealkylation sites (tertiary alicyclic amines) is 1. The molecule has 1 aliphatic heterocycles. The van der Waals surface area contributed by atoms with Crippen molar-refractivity contribution in [1.29, 1.82) is 5.26 Å². The number of halogens is 1. The molecule has 0 radical (unpaired) electrons. The minimum absolute atomic E-state index is 0.0297. The van der Waals surface area contributed by atoms with E-state index in [0.717, 1.165) is 72.5 Å². The smallest absolute Gasteiger partial charge is 0.326 e. The van der Waals surface area contributed by atoms with E-state index in [4.69, 9.17) is 25.8 Å². The van der Waals surface area contributed by atoms with Gasteiger partial charge in [0.05, 0.1) is 29.9 Å². The molecule has 280 valence electrons. The molecule has 1 unspecified atom stereocenters. The van der Waals surface area contributed by atoms with Crippen LogP contribution in [0.15, 0.2) is 67.0 Å². The standard InChI is InChI=1S/C41H47ClN4O7/c1-27-31(7-4-8-34(27)35-9-5-10-37(28(35)2)51-16-6-13-46-14-11-33(48)12-15-46)25-53-39-19-38(52-24-30-17-29(20-43)21-44-22-30)32(18-36(39)42)23-45-41(3,26-47)40(49)50/h4-5,7-10,17-19,21-22,33,45,47-48H,6,11-16,23-26H2,1-3H3,(H,49,50). The maximum Gasteiger partial charge on any atom is 0.326 e. The molecule has 4 N–H and O–H groups in total. The van der Waals surface area contributed by atoms with Crippen LogP contribution in [0.3, 0.4) is 0 Å². The second kappa shape index (κ2) is 18.4. The van der Waals surface area contributed by atoms with Crippen LogP contribution in [0.25, 0.3) is 11.1 Å². The van der Waals surface area contributed by atoms with E-state index >= 15 is 0 Å². The van der Waals surface area contributed by atoms with Gasteiger partial charge < -0.3 is 34.4 Å². The minimum atomic E-state index is -1.59. The molecule has 1 saturated heterocycles. The first kappa shape index (κ1) is 39.5. The number of carboxylic acids is 1. The number of hydrogen-bond acceptors (Lipinski definition) is 10. The molecule has 3 aromatic carbocycles. The summed E-state index contributed by atoms with van der Waals surface area (Å²) in [6.45, 7) is 8.64. The topological polar surface area (TPSA) is 157 Å². The largest absolute Gasteiger partial charge is 0.493 e. The van der Waals surface area contributed by atoms with E-state index in [-0.39, 0.29) is 25.9 Å². The Morgan fingerprint density at radius 1 is 0.981 bits per heavy atom. The number of benzene rings is 3. The summed E-state index contributed by atoms with van der Waals surface area (Å²) in [6, 6.07) is 19.3. The normalized spacial score (nSPS) is 14.7. The Labute approximate surface area is 315 Å². The number of nitrogens with one attached hydrogen (secondary N) is 1. The summed E-state index contributed by atoms with van der Waals surface area (Å²) < 4.78 is 18.7. The first-order valence-corrected chi connectivity index (χ1v) is 18.1. The highest BCUT2D eigenvalue weighted by atomic mass is 35.5. The Hall–Kier alpha value is -4.70. The molecule has 12 heteroatoms. The van der Waals surface area contributed by atoms with Crippen molar-refractivity contribution in [1.82, 2.24) is 15.2 Å². The van der Waals surface area contributed by atoms with Gasteiger partial charge in [-0.05, 0) is 86.1 Å². The van der Waals surface area contributed by atoms with Gasteiger partial charge >= 0.3 is 5.97 Å². The number of rotatable bonds is 17. The fraction of sp³-hybridized carbons (Fsp3) is 0.390. The third kappa shape index (κ3) is 10.3. The van der Waals surface area contributed by atoms with Crippen LogP contribution < -0.4 is 19.5 Å². The van der Waals surface area contributed by atoms with Crippen LogP contribution in [0.5, 0.6) is 17.2 Å². The van der Waals surface area contributed by atoms with Crippen molar-refractivity contribution in [2.45, 2.75) is 71.4 Å². The van der Waals surface area contributed by atoms with Crippen molar-refractivity contribution in [3.63, 3.8) is 0 Å². The number of aliphatic carboxylic acids is 1. The summed E-state index contributed by atoms with van der Waals surface area (Å²) in [4.78, 5) is 18.3. The van der Waals surface area contributed by atoms with Gasteiger partial charge in [-0.25, -0.2) is 0 Å². The zero-order chi connectivity index (χ0) is 38.0. The SMILES string of the molecule is Cc1c(COc2cc(OCc3cncc(C#N)c3)c(CNC(C)(CO)C(=O)O)cc2Cl)cccc1-c1cccc(OCCCN2CCC(O)CC2)c1C. The molecule has 1 aromatic heterocycles. The number of nitrogens with zero attached hydrogens (tertiary/aromatic N) is 3. The fourth-order valence-electron chi connectivity index (χ4n) is 6.20. The van der Waals surface area contributed by atoms with Gasteiger partial charge in [0, 0.05) is 55.8 Å². The Kier molecular flexibility index (Phi) is 13.7. The van der Waals surface area contributed by atoms with E-state index in [1.165, 1.54) is 13.1 Å². The predicted molar refractivity (Wildman–Crippen MR) is 202 cm³/mol. The average Bonchev–Trinajstić information content (AvgIpc) is 3.16. The van der Waals surface area contributed by atoms with Crippen LogP contribution in [0.4, 0.5) is 0 Å². The third-order valence-corrected chi connectivity index (χ3v) is 10.0. The molecule has 0 amide bonds. The molecule has 11 nitrogen and oxygen atoms in total. The van der Waals surface area contributed by atoms with E-state index in [9.17, 15) is 25.4 Å². The van der Waals surface area contributed by atoms with Gasteiger partial charge in [-0.1, -0.05) is 41.9 Å². The van der Waals surface area contributed by atoms with Crippen molar-refractivity contribution in [3.05, 3.63) is 105 Å². The number of aliphatic hydroxyl groups excluding tert-OH is 2. The highest BCUT2D eigenvalue weighted by molar-refractivity contribution is 6.32. The molecule has 53 heavy (non-hydrogen) atoms. The Bertz CT molecular complexity index is 1930. The van der Waals surface area contributed by atoms with Gasteiger partial charge in [-0.3, -0.25) is 15.1 Å². The van der Waals surface area contributed by atoms with Crippen LogP contribution in [0, 0.1) is 25.2 Å². The summed E-state index contributed by atoms with van der Waals surface area (Å²) >= 11 is 6.73. The molecular weight excluding hydrogens is 696 g/mol. The van der Waals surface area contributed by atoms with E-state index in [1.54, 1.807) is 24.4 Å². The third-order valence-electron chi connectivity index (χ3n) is 9.73. The summed E-state index contributed by atoms with van der Waals surface area (Å²) in [5, 5.41) is 41.6. The van der Waals surface area contributed by atoms with E-state index in [0.29, 0.717) is 39.8 Å². The highest BCUT2D eigenvalue weighted by Crippen LogP contribution is 2.36. The van der Waals surface area contributed by atoms with Crippen molar-refractivity contribution in [3.8, 4) is 34.4 Å². The predicted octanol–water partition coefficient (Wildman–Crippen LogP) is 6.20. The first-order chi connectivity index (χ1) is 25.5. The van der Waals surface area contributed by atoms with Crippen molar-refractivity contribution in [2.75, 3.05) is 32.8 Å². The van der Waals surface area contributed by atoms with Crippen LogP contribution in [0.1, 0.15) is 59.6 Å². The summed E-state index contributed by atoms with van der Waals surface area (Å²) in [7, 11) is 0. The molecule has 2 heterocycles. The Balaban J connectivity index is 1.31. The summed E-state index contributed by atoms with van der Waals surface area (Å²) in [6.07, 6.45) is 5.46. The number of pyridine rings is 1. The zero-order valence-electron chi connectivity index (χ0n) is 30.4. The van der Waals surface area contributed by atoms with E-state index in [1.807, 2.05) is 24.3 Å². The number of piperidine rings is 1. The average molecular weight is 743 g/mol. The van der Waals surface area contributed by atoms with Gasteiger partial charge in [0.25, 0.3) is 0 Å². The second-order valence-electron chi connectivity index (χ2n) is 13.6.